The van der Waals surface area contributed by atoms with E-state index in [0.29, 0.717) is 66.3 Å². The van der Waals surface area contributed by atoms with Crippen LogP contribution in [0.25, 0.3) is 11.3 Å². The van der Waals surface area contributed by atoms with Crippen LogP contribution in [0, 0.1) is 5.82 Å². The molecule has 0 spiro atoms. The van der Waals surface area contributed by atoms with Crippen LogP contribution in [0.3, 0.4) is 0 Å². The number of aromatic nitrogens is 3. The molecule has 3 atom stereocenters. The van der Waals surface area contributed by atoms with Crippen LogP contribution < -0.4 is 15.5 Å². The number of urea groups is 1. The lowest BCUT2D eigenvalue weighted by atomic mass is 9.95. The fourth-order valence-electron chi connectivity index (χ4n) is 7.21. The first-order valence-electron chi connectivity index (χ1n) is 16.6. The number of rotatable bonds is 8. The Labute approximate surface area is 305 Å². The maximum Gasteiger partial charge on any atom is 0.338 e. The zero-order valence-corrected chi connectivity index (χ0v) is 29.4. The molecule has 3 saturated heterocycles. The molecule has 2 amide bonds. The predicted molar refractivity (Wildman–Crippen MR) is 189 cm³/mol. The number of imidazole rings is 1. The van der Waals surface area contributed by atoms with Crippen LogP contribution in [0.15, 0.2) is 76.5 Å². The van der Waals surface area contributed by atoms with Crippen molar-refractivity contribution in [2.24, 2.45) is 4.99 Å². The fraction of sp³-hybridized carbons (Fsp3) is 0.343. The highest BCUT2D eigenvalue weighted by Gasteiger charge is 2.43. The van der Waals surface area contributed by atoms with Crippen LogP contribution in [-0.2, 0) is 9.53 Å². The largest absolute Gasteiger partial charge is 0.466 e. The Morgan fingerprint density at radius 3 is 2.67 bits per heavy atom. The number of fused-ring (bicyclic) bond motifs is 1. The smallest absolute Gasteiger partial charge is 0.338 e. The first kappa shape index (κ1) is 34.3. The summed E-state index contributed by atoms with van der Waals surface area (Å²) in [5.74, 6) is -2.94. The average Bonchev–Trinajstić information content (AvgIpc) is 3.95. The van der Waals surface area contributed by atoms with Gasteiger partial charge in [0.15, 0.2) is 10.8 Å². The van der Waals surface area contributed by atoms with Crippen LogP contribution in [0.1, 0.15) is 34.9 Å². The number of esters is 1. The number of carbonyl (C=O) groups excluding carboxylic acids is 2. The number of amides is 2. The first-order chi connectivity index (χ1) is 25.1. The molecule has 8 rings (SSSR count). The number of alkyl halides is 2. The number of anilines is 1. The molecule has 2 aromatic carbocycles. The average molecular weight is 752 g/mol. The first-order valence-corrected chi connectivity index (χ1v) is 17.9. The monoisotopic (exact) mass is 751 g/mol. The molecule has 0 bridgehead atoms. The molecule has 4 aromatic rings. The number of methoxy groups -OCH3 is 1. The van der Waals surface area contributed by atoms with Crippen molar-refractivity contribution in [3.05, 3.63) is 98.7 Å². The zero-order chi connectivity index (χ0) is 36.1. The topological polar surface area (TPSA) is 131 Å². The van der Waals surface area contributed by atoms with Gasteiger partial charge in [-0.1, -0.05) is 29.8 Å². The second kappa shape index (κ2) is 13.7. The number of ether oxygens (including phenoxy) is 1. The number of amidine groups is 1. The van der Waals surface area contributed by atoms with E-state index in [0.717, 1.165) is 11.3 Å². The van der Waals surface area contributed by atoms with E-state index in [-0.39, 0.29) is 35.6 Å². The van der Waals surface area contributed by atoms with Crippen LogP contribution in [-0.4, -0.2) is 101 Å². The van der Waals surface area contributed by atoms with Crippen molar-refractivity contribution in [1.29, 1.82) is 0 Å². The molecule has 0 saturated carbocycles. The molecule has 6 heterocycles. The Morgan fingerprint density at radius 1 is 1.13 bits per heavy atom. The van der Waals surface area contributed by atoms with E-state index in [4.69, 9.17) is 21.3 Å². The Hall–Kier alpha value is -4.77. The van der Waals surface area contributed by atoms with Gasteiger partial charge in [-0.25, -0.2) is 32.7 Å². The number of hydrogen-bond acceptors (Lipinski definition) is 10. The molecule has 1 unspecified atom stereocenters. The van der Waals surface area contributed by atoms with E-state index < -0.39 is 29.8 Å². The van der Waals surface area contributed by atoms with Gasteiger partial charge in [-0.05, 0) is 29.8 Å². The van der Waals surface area contributed by atoms with Crippen LogP contribution >= 0.6 is 22.9 Å². The van der Waals surface area contributed by atoms with Gasteiger partial charge in [-0.3, -0.25) is 14.8 Å². The van der Waals surface area contributed by atoms with Crippen molar-refractivity contribution in [2.45, 2.75) is 30.5 Å². The lowest BCUT2D eigenvalue weighted by Gasteiger charge is -2.38. The minimum Gasteiger partial charge on any atom is -0.466 e. The molecule has 17 heteroatoms. The number of nitrogens with zero attached hydrogens (tertiary/aromatic N) is 6. The number of piperazine rings is 1. The number of thiazole rings is 1. The number of carbonyl (C=O) groups is 2. The third kappa shape index (κ3) is 6.55. The van der Waals surface area contributed by atoms with Crippen molar-refractivity contribution in [3.8, 4) is 11.3 Å². The molecule has 3 N–H and O–H groups in total. The third-order valence-corrected chi connectivity index (χ3v) is 10.9. The Kier molecular flexibility index (Phi) is 9.01. The molecule has 0 aliphatic carbocycles. The maximum atomic E-state index is 14.0. The van der Waals surface area contributed by atoms with E-state index in [1.54, 1.807) is 17.3 Å². The standard InChI is InChI=1S/C35H33ClF3N9O3S/c1-51-33(49)28-27(44-31(32-40-8-11-52-32)45-29(28)23-7-4-20(37)12-24(23)36)17-46-9-10-47-22(15-46)16-48(34(47)50)21-5-2-19(3-6-21)26-14-41-30(43-26)25-13-35(38,39)18-42-25/h2-8,11-12,14,22,25,29,42H,9-10,13,15-18H2,1H3,(H,41,43)(H,44,45)/t22-,25?,29-/m0/s1. The Balaban J connectivity index is 0.995. The van der Waals surface area contributed by atoms with E-state index in [2.05, 4.69) is 30.5 Å². The van der Waals surface area contributed by atoms with Crippen LogP contribution in [0.5, 0.6) is 0 Å². The second-order valence-corrected chi connectivity index (χ2v) is 14.4. The summed E-state index contributed by atoms with van der Waals surface area (Å²) in [6.07, 6.45) is 2.98. The minimum atomic E-state index is -2.76. The summed E-state index contributed by atoms with van der Waals surface area (Å²) in [5.41, 5.74) is 3.51. The van der Waals surface area contributed by atoms with Gasteiger partial charge in [0.2, 0.25) is 0 Å². The lowest BCUT2D eigenvalue weighted by molar-refractivity contribution is -0.136. The van der Waals surface area contributed by atoms with Crippen molar-refractivity contribution < 1.29 is 27.5 Å². The minimum absolute atomic E-state index is 0.0936. The summed E-state index contributed by atoms with van der Waals surface area (Å²) >= 11 is 7.88. The molecular weight excluding hydrogens is 719 g/mol. The molecule has 2 aromatic heterocycles. The predicted octanol–water partition coefficient (Wildman–Crippen LogP) is 5.14. The molecule has 3 fully saturated rings. The van der Waals surface area contributed by atoms with E-state index in [9.17, 15) is 22.8 Å². The fourth-order valence-corrected chi connectivity index (χ4v) is 8.07. The van der Waals surface area contributed by atoms with Gasteiger partial charge in [0.1, 0.15) is 17.7 Å². The van der Waals surface area contributed by atoms with Crippen molar-refractivity contribution in [2.75, 3.05) is 51.3 Å². The highest BCUT2D eigenvalue weighted by Crippen LogP contribution is 2.38. The quantitative estimate of drug-likeness (QED) is 0.211. The summed E-state index contributed by atoms with van der Waals surface area (Å²) in [6.45, 7) is 1.96. The van der Waals surface area contributed by atoms with Crippen molar-refractivity contribution in [1.82, 2.24) is 35.4 Å². The lowest BCUT2D eigenvalue weighted by Crippen LogP contribution is -2.53. The summed E-state index contributed by atoms with van der Waals surface area (Å²) in [6, 6.07) is 9.85. The van der Waals surface area contributed by atoms with Gasteiger partial charge in [0.25, 0.3) is 5.92 Å². The van der Waals surface area contributed by atoms with E-state index in [1.807, 2.05) is 34.5 Å². The molecular formula is C35H33ClF3N9O3S. The second-order valence-electron chi connectivity index (χ2n) is 13.1. The summed E-state index contributed by atoms with van der Waals surface area (Å²) in [4.78, 5) is 49.5. The summed E-state index contributed by atoms with van der Waals surface area (Å²) in [5, 5.41) is 8.70. The van der Waals surface area contributed by atoms with Gasteiger partial charge in [-0.15, -0.1) is 11.3 Å². The molecule has 12 nitrogen and oxygen atoms in total. The van der Waals surface area contributed by atoms with Crippen LogP contribution in [0.2, 0.25) is 5.02 Å². The Morgan fingerprint density at radius 2 is 1.96 bits per heavy atom. The van der Waals surface area contributed by atoms with Gasteiger partial charge in [0.05, 0.1) is 43.2 Å². The number of benzene rings is 2. The molecule has 4 aliphatic rings. The molecule has 4 aliphatic heterocycles. The van der Waals surface area contributed by atoms with Gasteiger partial charge < -0.3 is 25.3 Å². The van der Waals surface area contributed by atoms with E-state index >= 15 is 0 Å². The normalized spacial score (nSPS) is 23.1. The van der Waals surface area contributed by atoms with Crippen molar-refractivity contribution >= 4 is 46.5 Å². The summed E-state index contributed by atoms with van der Waals surface area (Å²) in [7, 11) is 1.30. The number of H-pyrrole nitrogens is 1. The van der Waals surface area contributed by atoms with Crippen molar-refractivity contribution in [3.63, 3.8) is 0 Å². The van der Waals surface area contributed by atoms with Gasteiger partial charge >= 0.3 is 12.0 Å². The number of aliphatic imine (C=N–C) groups is 1. The van der Waals surface area contributed by atoms with Crippen LogP contribution in [0.4, 0.5) is 23.7 Å². The molecule has 270 valence electrons. The molecule has 52 heavy (non-hydrogen) atoms. The third-order valence-electron chi connectivity index (χ3n) is 9.77. The number of aromatic amines is 1. The highest BCUT2D eigenvalue weighted by atomic mass is 35.5. The SMILES string of the molecule is COC(=O)C1=C(CN2CCN3C(=O)N(c4ccc(-c5cnc(C6CC(F)(F)CN6)[nH]5)cc4)C[C@@H]3C2)NC(c2nccs2)=N[C@H]1c1ccc(F)cc1Cl. The zero-order valence-electron chi connectivity index (χ0n) is 27.8. The van der Waals surface area contributed by atoms with Gasteiger partial charge in [0, 0.05) is 72.7 Å². The number of hydrogen-bond donors (Lipinski definition) is 3. The number of nitrogens with one attached hydrogen (secondary N) is 3. The summed E-state index contributed by atoms with van der Waals surface area (Å²) < 4.78 is 46.7. The van der Waals surface area contributed by atoms with Gasteiger partial charge in [-0.2, -0.15) is 0 Å². The highest BCUT2D eigenvalue weighted by molar-refractivity contribution is 7.11. The van der Waals surface area contributed by atoms with E-state index in [1.165, 1.54) is 36.6 Å². The maximum absolute atomic E-state index is 14.0. The Bertz CT molecular complexity index is 2070. The molecule has 0 radical (unpaired) electrons. The number of halogens is 4.